The Morgan fingerprint density at radius 2 is 1.86 bits per heavy atom. The maximum absolute atomic E-state index is 13.4. The van der Waals surface area contributed by atoms with Gasteiger partial charge in [0, 0.05) is 32.0 Å². The first-order chi connectivity index (χ1) is 21.1. The lowest BCUT2D eigenvalue weighted by Gasteiger charge is -2.32. The highest BCUT2D eigenvalue weighted by molar-refractivity contribution is 5.92. The number of fused-ring (bicyclic) bond motifs is 1. The summed E-state index contributed by atoms with van der Waals surface area (Å²) in [6, 6.07) is 10.5. The second-order valence-electron chi connectivity index (χ2n) is 10.9. The summed E-state index contributed by atoms with van der Waals surface area (Å²) in [7, 11) is 0. The van der Waals surface area contributed by atoms with E-state index in [2.05, 4.69) is 14.5 Å². The van der Waals surface area contributed by atoms with Gasteiger partial charge in [-0.1, -0.05) is 0 Å². The van der Waals surface area contributed by atoms with Gasteiger partial charge in [-0.25, -0.2) is 14.2 Å². The summed E-state index contributed by atoms with van der Waals surface area (Å²) < 4.78 is 72.5. The summed E-state index contributed by atoms with van der Waals surface area (Å²) in [5.41, 5.74) is 0.922. The summed E-state index contributed by atoms with van der Waals surface area (Å²) in [6.45, 7) is 3.18. The second kappa shape index (κ2) is 12.4. The number of hydrogen-bond acceptors (Lipinski definition) is 7. The Hall–Kier alpha value is -4.23. The van der Waals surface area contributed by atoms with Crippen LogP contribution >= 0.6 is 0 Å². The number of ether oxygens (including phenoxy) is 3. The molecule has 0 saturated carbocycles. The quantitative estimate of drug-likeness (QED) is 0.227. The van der Waals surface area contributed by atoms with Crippen molar-refractivity contribution in [1.29, 1.82) is 0 Å². The van der Waals surface area contributed by atoms with Crippen molar-refractivity contribution < 1.29 is 41.7 Å². The van der Waals surface area contributed by atoms with E-state index in [-0.39, 0.29) is 24.4 Å². The van der Waals surface area contributed by atoms with Gasteiger partial charge in [-0.15, -0.1) is 0 Å². The van der Waals surface area contributed by atoms with Gasteiger partial charge in [0.2, 0.25) is 0 Å². The molecule has 44 heavy (non-hydrogen) atoms. The van der Waals surface area contributed by atoms with Crippen molar-refractivity contribution >= 4 is 17.0 Å². The number of carbonyl (C=O) groups is 1. The molecule has 2 fully saturated rings. The van der Waals surface area contributed by atoms with E-state index in [0.717, 1.165) is 67.9 Å². The first kappa shape index (κ1) is 29.8. The van der Waals surface area contributed by atoms with E-state index in [1.807, 2.05) is 0 Å². The standard InChI is InChI=1S/C31H30F4N4O5/c32-20-2-4-28(25(14-20)31(33,34)35)43-18-21-15-23(5-9-36-21)44-22-6-10-38(11-7-22)17-29-37-26-3-1-19(30(40)41)13-27(26)39(29)16-24-8-12-42-24/h1-5,9,13-15,22,24H,6-8,10-12,16-18H2,(H,40,41)/t24-/m0/s1. The third kappa shape index (κ3) is 6.78. The number of pyridine rings is 1. The van der Waals surface area contributed by atoms with Crippen LogP contribution in [0.25, 0.3) is 11.0 Å². The molecular weight excluding hydrogens is 584 g/mol. The topological polar surface area (TPSA) is 98.9 Å². The van der Waals surface area contributed by atoms with Crippen LogP contribution < -0.4 is 9.47 Å². The van der Waals surface area contributed by atoms with E-state index in [4.69, 9.17) is 19.2 Å². The van der Waals surface area contributed by atoms with Crippen molar-refractivity contribution in [1.82, 2.24) is 19.4 Å². The van der Waals surface area contributed by atoms with Gasteiger partial charge in [-0.3, -0.25) is 9.88 Å². The average molecular weight is 615 g/mol. The molecule has 0 unspecified atom stereocenters. The van der Waals surface area contributed by atoms with E-state index in [9.17, 15) is 27.5 Å². The zero-order chi connectivity index (χ0) is 30.8. The maximum Gasteiger partial charge on any atom is 0.420 e. The Balaban J connectivity index is 1.06. The molecule has 0 bridgehead atoms. The van der Waals surface area contributed by atoms with Crippen LogP contribution in [-0.4, -0.2) is 62.4 Å². The number of aromatic nitrogens is 3. The van der Waals surface area contributed by atoms with Crippen molar-refractivity contribution in [3.05, 3.63) is 83.2 Å². The molecule has 2 aliphatic heterocycles. The van der Waals surface area contributed by atoms with E-state index in [0.29, 0.717) is 30.6 Å². The molecule has 0 spiro atoms. The highest BCUT2D eigenvalue weighted by Gasteiger charge is 2.35. The molecule has 0 aliphatic carbocycles. The fourth-order valence-corrected chi connectivity index (χ4v) is 5.45. The average Bonchev–Trinajstić information content (AvgIpc) is 3.30. The molecule has 232 valence electrons. The SMILES string of the molecule is O=C(O)c1ccc2nc(CN3CCC(Oc4ccnc(COc5ccc(F)cc5C(F)(F)F)c4)CC3)n(C[C@@H]3CCO3)c2c1. The fraction of sp³-hybridized carbons (Fsp3) is 0.387. The van der Waals surface area contributed by atoms with Crippen LogP contribution in [0.5, 0.6) is 11.5 Å². The third-order valence-corrected chi connectivity index (χ3v) is 7.87. The largest absolute Gasteiger partial charge is 0.490 e. The summed E-state index contributed by atoms with van der Waals surface area (Å²) >= 11 is 0. The van der Waals surface area contributed by atoms with Gasteiger partial charge in [0.25, 0.3) is 0 Å². The van der Waals surface area contributed by atoms with E-state index < -0.39 is 29.3 Å². The van der Waals surface area contributed by atoms with Crippen molar-refractivity contribution in [2.45, 2.75) is 57.3 Å². The first-order valence-electron chi connectivity index (χ1n) is 14.3. The molecular formula is C31H30F4N4O5. The number of likely N-dealkylation sites (tertiary alicyclic amines) is 1. The molecule has 0 radical (unpaired) electrons. The van der Waals surface area contributed by atoms with Crippen molar-refractivity contribution in [3.63, 3.8) is 0 Å². The van der Waals surface area contributed by atoms with Gasteiger partial charge >= 0.3 is 12.1 Å². The second-order valence-corrected chi connectivity index (χ2v) is 10.9. The molecule has 2 aliphatic rings. The molecule has 0 amide bonds. The number of carboxylic acids is 1. The van der Waals surface area contributed by atoms with Gasteiger partial charge in [0.1, 0.15) is 41.4 Å². The monoisotopic (exact) mass is 614 g/mol. The Bertz CT molecular complexity index is 1650. The molecule has 9 nitrogen and oxygen atoms in total. The maximum atomic E-state index is 13.4. The number of rotatable bonds is 10. The normalized spacial score (nSPS) is 17.9. The molecule has 13 heteroatoms. The van der Waals surface area contributed by atoms with Gasteiger partial charge in [-0.05, 0) is 61.7 Å². The zero-order valence-electron chi connectivity index (χ0n) is 23.6. The van der Waals surface area contributed by atoms with Gasteiger partial charge < -0.3 is 23.9 Å². The lowest BCUT2D eigenvalue weighted by Crippen LogP contribution is -2.39. The van der Waals surface area contributed by atoms with Crippen LogP contribution in [0.15, 0.2) is 54.7 Å². The van der Waals surface area contributed by atoms with Crippen molar-refractivity contribution in [3.8, 4) is 11.5 Å². The minimum absolute atomic E-state index is 0.0725. The summed E-state index contributed by atoms with van der Waals surface area (Å²) in [6.07, 6.45) is -0.809. The van der Waals surface area contributed by atoms with Crippen LogP contribution in [0.1, 0.15) is 46.7 Å². The predicted octanol–water partition coefficient (Wildman–Crippen LogP) is 5.70. The highest BCUT2D eigenvalue weighted by atomic mass is 19.4. The number of halogens is 4. The Morgan fingerprint density at radius 1 is 1.07 bits per heavy atom. The number of alkyl halides is 3. The first-order valence-corrected chi connectivity index (χ1v) is 14.3. The number of imidazole rings is 1. The minimum Gasteiger partial charge on any atom is -0.490 e. The van der Waals surface area contributed by atoms with Crippen LogP contribution in [0.2, 0.25) is 0 Å². The van der Waals surface area contributed by atoms with Crippen LogP contribution in [0, 0.1) is 5.82 Å². The van der Waals surface area contributed by atoms with Gasteiger partial charge in [-0.2, -0.15) is 13.2 Å². The molecule has 2 aromatic carbocycles. The fourth-order valence-electron chi connectivity index (χ4n) is 5.45. The number of carboxylic acid groups (broad SMARTS) is 1. The Kier molecular flexibility index (Phi) is 8.41. The number of nitrogens with zero attached hydrogens (tertiary/aromatic N) is 4. The molecule has 6 rings (SSSR count). The molecule has 4 heterocycles. The van der Waals surface area contributed by atoms with Crippen LogP contribution in [-0.2, 0) is 30.6 Å². The Labute approximate surface area is 250 Å². The van der Waals surface area contributed by atoms with E-state index in [1.54, 1.807) is 30.3 Å². The van der Waals surface area contributed by atoms with E-state index in [1.165, 1.54) is 6.20 Å². The van der Waals surface area contributed by atoms with Crippen molar-refractivity contribution in [2.24, 2.45) is 0 Å². The smallest absolute Gasteiger partial charge is 0.420 e. The molecule has 4 aromatic rings. The predicted molar refractivity (Wildman–Crippen MR) is 150 cm³/mol. The highest BCUT2D eigenvalue weighted by Crippen LogP contribution is 2.37. The van der Waals surface area contributed by atoms with Crippen LogP contribution in [0.4, 0.5) is 17.6 Å². The number of benzene rings is 2. The number of hydrogen-bond donors (Lipinski definition) is 1. The number of aromatic carboxylic acids is 1. The van der Waals surface area contributed by atoms with Gasteiger partial charge in [0.05, 0.1) is 41.5 Å². The molecule has 2 aromatic heterocycles. The number of piperidine rings is 1. The summed E-state index contributed by atoms with van der Waals surface area (Å²) in [5, 5.41) is 9.47. The summed E-state index contributed by atoms with van der Waals surface area (Å²) in [5.74, 6) is -1.08. The lowest BCUT2D eigenvalue weighted by molar-refractivity contribution is -0.139. The molecule has 2 saturated heterocycles. The van der Waals surface area contributed by atoms with E-state index >= 15 is 0 Å². The molecule has 1 N–H and O–H groups in total. The van der Waals surface area contributed by atoms with Crippen LogP contribution in [0.3, 0.4) is 0 Å². The third-order valence-electron chi connectivity index (χ3n) is 7.87. The minimum atomic E-state index is -4.76. The van der Waals surface area contributed by atoms with Crippen molar-refractivity contribution in [2.75, 3.05) is 19.7 Å². The summed E-state index contributed by atoms with van der Waals surface area (Å²) in [4.78, 5) is 22.8. The van der Waals surface area contributed by atoms with Gasteiger partial charge in [0.15, 0.2) is 0 Å². The lowest BCUT2D eigenvalue weighted by atomic mass is 10.1. The molecule has 1 atom stereocenters. The Morgan fingerprint density at radius 3 is 2.57 bits per heavy atom. The zero-order valence-corrected chi connectivity index (χ0v) is 23.6.